The van der Waals surface area contributed by atoms with Gasteiger partial charge < -0.3 is 10.4 Å². The van der Waals surface area contributed by atoms with Gasteiger partial charge in [-0.3, -0.25) is 9.48 Å². The largest absolute Gasteiger partial charge is 0.476 e. The van der Waals surface area contributed by atoms with E-state index < -0.39 is 28.9 Å². The molecule has 0 aliphatic carbocycles. The number of carboxylic acid groups (broad SMARTS) is 1. The smallest absolute Gasteiger partial charge is 0.355 e. The van der Waals surface area contributed by atoms with Crippen molar-refractivity contribution in [1.29, 1.82) is 0 Å². The van der Waals surface area contributed by atoms with Crippen LogP contribution in [0, 0.1) is 11.6 Å². The lowest BCUT2D eigenvalue weighted by Gasteiger charge is -2.16. The molecule has 1 aliphatic heterocycles. The molecule has 2 aromatic carbocycles. The van der Waals surface area contributed by atoms with Crippen molar-refractivity contribution in [1.82, 2.24) is 19.7 Å². The number of anilines is 1. The van der Waals surface area contributed by atoms with E-state index in [0.717, 1.165) is 0 Å². The van der Waals surface area contributed by atoms with Crippen molar-refractivity contribution >= 4 is 28.6 Å². The van der Waals surface area contributed by atoms with E-state index in [1.807, 2.05) is 0 Å². The second-order valence-corrected chi connectivity index (χ2v) is 8.26. The fraction of sp³-hybridized carbons (Fsp3) is 0.174. The molecule has 4 aromatic rings. The van der Waals surface area contributed by atoms with Crippen molar-refractivity contribution in [3.05, 3.63) is 70.9 Å². The molecule has 0 saturated heterocycles. The second kappa shape index (κ2) is 7.16. The Morgan fingerprint density at radius 3 is 2.64 bits per heavy atom. The van der Waals surface area contributed by atoms with Crippen LogP contribution in [0.2, 0.25) is 0 Å². The van der Waals surface area contributed by atoms with Crippen molar-refractivity contribution in [2.24, 2.45) is 0 Å². The zero-order valence-electron chi connectivity index (χ0n) is 17.6. The zero-order valence-corrected chi connectivity index (χ0v) is 17.6. The van der Waals surface area contributed by atoms with Crippen molar-refractivity contribution in [2.45, 2.75) is 25.8 Å². The van der Waals surface area contributed by atoms with E-state index in [9.17, 15) is 23.5 Å². The molecule has 0 unspecified atom stereocenters. The molecule has 0 radical (unpaired) electrons. The first-order valence-electron chi connectivity index (χ1n) is 10.0. The van der Waals surface area contributed by atoms with Crippen molar-refractivity contribution in [3.63, 3.8) is 0 Å². The maximum absolute atomic E-state index is 14.2. The Bertz CT molecular complexity index is 1480. The first kappa shape index (κ1) is 20.7. The number of nitrogens with zero attached hydrogens (tertiary/aromatic N) is 4. The highest BCUT2D eigenvalue weighted by Crippen LogP contribution is 2.39. The lowest BCUT2D eigenvalue weighted by molar-refractivity contribution is -0.119. The topological polar surface area (TPSA) is 110 Å². The van der Waals surface area contributed by atoms with Crippen LogP contribution in [0.4, 0.5) is 14.6 Å². The number of nitrogens with one attached hydrogen (secondary N) is 1. The summed E-state index contributed by atoms with van der Waals surface area (Å²) in [5, 5.41) is 17.2. The first-order valence-corrected chi connectivity index (χ1v) is 10.0. The number of amides is 1. The number of aromatic carboxylic acids is 1. The van der Waals surface area contributed by atoms with Gasteiger partial charge in [0, 0.05) is 16.5 Å². The summed E-state index contributed by atoms with van der Waals surface area (Å²) >= 11 is 0. The molecule has 8 nitrogen and oxygen atoms in total. The third-order valence-electron chi connectivity index (χ3n) is 5.74. The van der Waals surface area contributed by atoms with Crippen LogP contribution in [0.25, 0.3) is 22.4 Å². The van der Waals surface area contributed by atoms with Crippen LogP contribution in [0.3, 0.4) is 0 Å². The van der Waals surface area contributed by atoms with Gasteiger partial charge in [0.05, 0.1) is 17.5 Å². The highest BCUT2D eigenvalue weighted by Gasteiger charge is 2.44. The minimum absolute atomic E-state index is 0.0509. The van der Waals surface area contributed by atoms with Gasteiger partial charge >= 0.3 is 5.97 Å². The molecule has 0 spiro atoms. The Kier molecular flexibility index (Phi) is 4.48. The van der Waals surface area contributed by atoms with Gasteiger partial charge in [0.15, 0.2) is 11.5 Å². The average molecular weight is 449 g/mol. The number of halogens is 2. The highest BCUT2D eigenvalue weighted by molar-refractivity contribution is 6.08. The van der Waals surface area contributed by atoms with Gasteiger partial charge in [-0.15, -0.1) is 0 Å². The van der Waals surface area contributed by atoms with Crippen molar-refractivity contribution in [2.75, 3.05) is 5.32 Å². The van der Waals surface area contributed by atoms with E-state index in [2.05, 4.69) is 20.4 Å². The number of hydrogen-bond donors (Lipinski definition) is 2. The fourth-order valence-electron chi connectivity index (χ4n) is 4.01. The third-order valence-corrected chi connectivity index (χ3v) is 5.74. The molecule has 2 N–H and O–H groups in total. The minimum atomic E-state index is -1.33. The molecule has 0 fully saturated rings. The van der Waals surface area contributed by atoms with Gasteiger partial charge in [-0.2, -0.15) is 5.10 Å². The summed E-state index contributed by atoms with van der Waals surface area (Å²) in [7, 11) is 0. The van der Waals surface area contributed by atoms with E-state index in [-0.39, 0.29) is 35.1 Å². The number of carbonyl (C=O) groups excluding carboxylic acids is 1. The van der Waals surface area contributed by atoms with Gasteiger partial charge in [-0.1, -0.05) is 18.2 Å². The summed E-state index contributed by atoms with van der Waals surface area (Å²) < 4.78 is 29.8. The van der Waals surface area contributed by atoms with E-state index in [1.54, 1.807) is 32.0 Å². The summed E-state index contributed by atoms with van der Waals surface area (Å²) in [6.45, 7) is 3.21. The van der Waals surface area contributed by atoms with E-state index >= 15 is 0 Å². The van der Waals surface area contributed by atoms with Gasteiger partial charge in [-0.25, -0.2) is 23.5 Å². The monoisotopic (exact) mass is 449 g/mol. The Morgan fingerprint density at radius 2 is 1.91 bits per heavy atom. The standard InChI is InChI=1S/C23H17F2N5O3/c1-23(2)16-18(21(31)32)26-20(27-19(16)28-22(23)33)17-13-9-12(24)7-8-15(13)30(29-17)10-11-5-3-4-6-14(11)25/h3-9H,10H2,1-2H3,(H,31,32)(H,26,27,28,33). The van der Waals surface area contributed by atoms with Crippen LogP contribution in [-0.2, 0) is 16.8 Å². The fourth-order valence-corrected chi connectivity index (χ4v) is 4.01. The lowest BCUT2D eigenvalue weighted by atomic mass is 9.85. The summed E-state index contributed by atoms with van der Waals surface area (Å²) in [6, 6.07) is 10.2. The molecule has 0 bridgehead atoms. The lowest BCUT2D eigenvalue weighted by Crippen LogP contribution is -2.28. The first-order chi connectivity index (χ1) is 15.7. The number of hydrogen-bond acceptors (Lipinski definition) is 5. The van der Waals surface area contributed by atoms with E-state index in [4.69, 9.17) is 0 Å². The van der Waals surface area contributed by atoms with Crippen LogP contribution in [0.1, 0.15) is 35.5 Å². The van der Waals surface area contributed by atoms with Crippen LogP contribution in [-0.4, -0.2) is 36.7 Å². The van der Waals surface area contributed by atoms with Crippen LogP contribution < -0.4 is 5.32 Å². The second-order valence-electron chi connectivity index (χ2n) is 8.26. The molecule has 1 amide bonds. The summed E-state index contributed by atoms with van der Waals surface area (Å²) in [6.07, 6.45) is 0. The Balaban J connectivity index is 1.73. The summed E-state index contributed by atoms with van der Waals surface area (Å²) in [4.78, 5) is 32.9. The Morgan fingerprint density at radius 1 is 1.15 bits per heavy atom. The predicted molar refractivity (Wildman–Crippen MR) is 115 cm³/mol. The predicted octanol–water partition coefficient (Wildman–Crippen LogP) is 3.75. The van der Waals surface area contributed by atoms with Crippen molar-refractivity contribution in [3.8, 4) is 11.5 Å². The minimum Gasteiger partial charge on any atom is -0.476 e. The number of fused-ring (bicyclic) bond motifs is 2. The zero-order chi connectivity index (χ0) is 23.5. The molecule has 10 heteroatoms. The molecule has 0 saturated carbocycles. The Labute approximate surface area is 185 Å². The van der Waals surface area contributed by atoms with Crippen LogP contribution in [0.15, 0.2) is 42.5 Å². The summed E-state index contributed by atoms with van der Waals surface area (Å²) in [5.74, 6) is -2.72. The van der Waals surface area contributed by atoms with E-state index in [1.165, 1.54) is 28.9 Å². The number of rotatable bonds is 4. The number of carbonyl (C=O) groups is 2. The molecule has 166 valence electrons. The van der Waals surface area contributed by atoms with Gasteiger partial charge in [0.2, 0.25) is 5.91 Å². The maximum atomic E-state index is 14.2. The highest BCUT2D eigenvalue weighted by atomic mass is 19.1. The SMILES string of the molecule is CC1(C)C(=O)Nc2nc(-c3nn(Cc4ccccc4F)c4ccc(F)cc34)nc(C(=O)O)c21. The molecule has 3 heterocycles. The van der Waals surface area contributed by atoms with Crippen LogP contribution >= 0.6 is 0 Å². The number of benzene rings is 2. The molecule has 0 atom stereocenters. The number of aromatic nitrogens is 4. The number of carboxylic acids is 1. The van der Waals surface area contributed by atoms with Crippen molar-refractivity contribution < 1.29 is 23.5 Å². The average Bonchev–Trinajstić information content (AvgIpc) is 3.22. The molecular formula is C23H17F2N5O3. The molecular weight excluding hydrogens is 432 g/mol. The molecule has 5 rings (SSSR count). The maximum Gasteiger partial charge on any atom is 0.355 e. The summed E-state index contributed by atoms with van der Waals surface area (Å²) in [5.41, 5.74) is -0.338. The van der Waals surface area contributed by atoms with Gasteiger partial charge in [0.1, 0.15) is 23.1 Å². The van der Waals surface area contributed by atoms with Crippen LogP contribution in [0.5, 0.6) is 0 Å². The van der Waals surface area contributed by atoms with Gasteiger partial charge in [-0.05, 0) is 38.1 Å². The normalized spacial score (nSPS) is 14.4. The quantitative estimate of drug-likeness (QED) is 0.491. The molecule has 1 aliphatic rings. The van der Waals surface area contributed by atoms with Gasteiger partial charge in [0.25, 0.3) is 0 Å². The molecule has 33 heavy (non-hydrogen) atoms. The Hall–Kier alpha value is -4.21. The van der Waals surface area contributed by atoms with E-state index in [0.29, 0.717) is 16.5 Å². The molecule has 2 aromatic heterocycles. The third kappa shape index (κ3) is 3.22.